The Morgan fingerprint density at radius 1 is 1.40 bits per heavy atom. The van der Waals surface area contributed by atoms with Gasteiger partial charge in [0.2, 0.25) is 11.8 Å². The number of rotatable bonds is 4. The van der Waals surface area contributed by atoms with Crippen LogP contribution in [-0.2, 0) is 0 Å². The molecule has 0 aliphatic carbocycles. The second-order valence-electron chi connectivity index (χ2n) is 5.95. The average molecular weight is 359 g/mol. The maximum Gasteiger partial charge on any atom is 0.226 e. The smallest absolute Gasteiger partial charge is 0.226 e. The van der Waals surface area contributed by atoms with Gasteiger partial charge in [-0.3, -0.25) is 0 Å². The molecule has 25 heavy (non-hydrogen) atoms. The van der Waals surface area contributed by atoms with Crippen LogP contribution in [0.15, 0.2) is 12.3 Å². The molecule has 0 bridgehead atoms. The summed E-state index contributed by atoms with van der Waals surface area (Å²) in [7, 11) is 1.57. The molecule has 1 saturated heterocycles. The second-order valence-corrected chi connectivity index (χ2v) is 6.32. The minimum Gasteiger partial charge on any atom is -0.481 e. The molecule has 0 spiro atoms. The van der Waals surface area contributed by atoms with Crippen molar-refractivity contribution in [3.05, 3.63) is 34.1 Å². The second kappa shape index (κ2) is 7.11. The molecule has 0 amide bonds. The predicted octanol–water partition coefficient (Wildman–Crippen LogP) is 2.71. The lowest BCUT2D eigenvalue weighted by Crippen LogP contribution is -2.28. The third kappa shape index (κ3) is 3.44. The zero-order valence-corrected chi connectivity index (χ0v) is 15.1. The number of ether oxygens (including phenoxy) is 1. The molecule has 7 nitrogen and oxygen atoms in total. The molecule has 1 N–H and O–H groups in total. The first-order chi connectivity index (χ1) is 12.0. The fraction of sp³-hybridized carbons (Fsp3) is 0.412. The normalized spacial score (nSPS) is 16.6. The monoisotopic (exact) mass is 358 g/mol. The number of nitrogens with one attached hydrogen (secondary N) is 1. The van der Waals surface area contributed by atoms with Gasteiger partial charge in [-0.05, 0) is 25.8 Å². The van der Waals surface area contributed by atoms with Gasteiger partial charge in [0, 0.05) is 31.4 Å². The average Bonchev–Trinajstić information content (AvgIpc) is 3.08. The molecule has 1 atom stereocenters. The van der Waals surface area contributed by atoms with Crippen molar-refractivity contribution in [2.24, 2.45) is 0 Å². The molecule has 1 unspecified atom stereocenters. The molecular weight excluding hydrogens is 340 g/mol. The van der Waals surface area contributed by atoms with E-state index in [1.807, 2.05) is 13.8 Å². The first-order valence-electron chi connectivity index (χ1n) is 7.98. The first kappa shape index (κ1) is 17.2. The summed E-state index contributed by atoms with van der Waals surface area (Å²) in [5, 5.41) is 13.4. The summed E-state index contributed by atoms with van der Waals surface area (Å²) >= 11 is 6.23. The van der Waals surface area contributed by atoms with Crippen LogP contribution in [0.25, 0.3) is 0 Å². The molecule has 8 heteroatoms. The molecule has 0 saturated carbocycles. The van der Waals surface area contributed by atoms with Crippen LogP contribution in [0.4, 0.5) is 11.8 Å². The van der Waals surface area contributed by atoms with Crippen LogP contribution in [0.1, 0.15) is 23.2 Å². The zero-order valence-electron chi connectivity index (χ0n) is 14.4. The number of hydrogen-bond donors (Lipinski definition) is 1. The number of methoxy groups -OCH3 is 1. The van der Waals surface area contributed by atoms with Gasteiger partial charge < -0.3 is 15.0 Å². The highest BCUT2D eigenvalue weighted by Crippen LogP contribution is 2.31. The third-order valence-electron chi connectivity index (χ3n) is 4.29. The fourth-order valence-electron chi connectivity index (χ4n) is 2.95. The van der Waals surface area contributed by atoms with E-state index in [0.29, 0.717) is 34.8 Å². The molecule has 0 radical (unpaired) electrons. The van der Waals surface area contributed by atoms with Crippen molar-refractivity contribution >= 4 is 23.4 Å². The van der Waals surface area contributed by atoms with E-state index in [4.69, 9.17) is 16.3 Å². The van der Waals surface area contributed by atoms with Crippen molar-refractivity contribution in [3.8, 4) is 11.9 Å². The highest BCUT2D eigenvalue weighted by molar-refractivity contribution is 6.32. The minimum atomic E-state index is 0.164. The van der Waals surface area contributed by atoms with Crippen LogP contribution >= 0.6 is 11.6 Å². The lowest BCUT2D eigenvalue weighted by molar-refractivity contribution is 0.397. The van der Waals surface area contributed by atoms with E-state index in [9.17, 15) is 5.26 Å². The number of anilines is 2. The van der Waals surface area contributed by atoms with Crippen LogP contribution in [0, 0.1) is 25.2 Å². The number of aromatic nitrogens is 3. The van der Waals surface area contributed by atoms with Gasteiger partial charge in [0.1, 0.15) is 11.9 Å². The molecule has 0 aromatic carbocycles. The molecule has 3 rings (SSSR count). The van der Waals surface area contributed by atoms with Gasteiger partial charge >= 0.3 is 0 Å². The summed E-state index contributed by atoms with van der Waals surface area (Å²) in [6, 6.07) is 4.10. The Morgan fingerprint density at radius 2 is 2.20 bits per heavy atom. The van der Waals surface area contributed by atoms with E-state index < -0.39 is 0 Å². The summed E-state index contributed by atoms with van der Waals surface area (Å²) in [5.41, 5.74) is 2.05. The Hall–Kier alpha value is -2.59. The standard InChI is InChI=1S/C17H19ClN6O/c1-10-13(8-19)16(21-11(2)15(10)18)24-7-5-12(9-24)22-17-20-6-4-14(23-17)25-3/h4,6,12H,5,7,9H2,1-3H3,(H,20,22,23). The van der Waals surface area contributed by atoms with Crippen LogP contribution in [0.2, 0.25) is 5.02 Å². The van der Waals surface area contributed by atoms with Crippen molar-refractivity contribution in [1.29, 1.82) is 5.26 Å². The topological polar surface area (TPSA) is 87.0 Å². The van der Waals surface area contributed by atoms with Gasteiger partial charge in [0.15, 0.2) is 0 Å². The predicted molar refractivity (Wildman–Crippen MR) is 96.3 cm³/mol. The van der Waals surface area contributed by atoms with E-state index in [1.165, 1.54) is 0 Å². The molecular formula is C17H19ClN6O. The van der Waals surface area contributed by atoms with E-state index in [2.05, 4.69) is 31.2 Å². The largest absolute Gasteiger partial charge is 0.481 e. The molecule has 130 valence electrons. The highest BCUT2D eigenvalue weighted by atomic mass is 35.5. The van der Waals surface area contributed by atoms with Crippen LogP contribution in [-0.4, -0.2) is 41.2 Å². The third-order valence-corrected chi connectivity index (χ3v) is 4.85. The molecule has 1 aliphatic heterocycles. The first-order valence-corrected chi connectivity index (χ1v) is 8.36. The van der Waals surface area contributed by atoms with Crippen molar-refractivity contribution < 1.29 is 4.74 Å². The summed E-state index contributed by atoms with van der Waals surface area (Å²) in [4.78, 5) is 15.1. The van der Waals surface area contributed by atoms with Gasteiger partial charge in [-0.2, -0.15) is 10.2 Å². The molecule has 3 heterocycles. The van der Waals surface area contributed by atoms with Gasteiger partial charge in [-0.1, -0.05) is 11.6 Å². The van der Waals surface area contributed by atoms with Gasteiger partial charge in [-0.15, -0.1) is 0 Å². The lowest BCUT2D eigenvalue weighted by Gasteiger charge is -2.21. The summed E-state index contributed by atoms with van der Waals surface area (Å²) < 4.78 is 5.12. The Kier molecular flexibility index (Phi) is 4.91. The van der Waals surface area contributed by atoms with Crippen LogP contribution < -0.4 is 15.0 Å². The van der Waals surface area contributed by atoms with Crippen molar-refractivity contribution in [3.63, 3.8) is 0 Å². The summed E-state index contributed by atoms with van der Waals surface area (Å²) in [6.07, 6.45) is 2.55. The van der Waals surface area contributed by atoms with Crippen LogP contribution in [0.3, 0.4) is 0 Å². The summed E-state index contributed by atoms with van der Waals surface area (Å²) in [5.74, 6) is 1.74. The number of aryl methyl sites for hydroxylation is 1. The Balaban J connectivity index is 1.78. The molecule has 2 aromatic heterocycles. The molecule has 1 aliphatic rings. The van der Waals surface area contributed by atoms with Crippen molar-refractivity contribution in [1.82, 2.24) is 15.0 Å². The number of nitriles is 1. The van der Waals surface area contributed by atoms with Crippen LogP contribution in [0.5, 0.6) is 5.88 Å². The number of halogens is 1. The maximum atomic E-state index is 9.51. The quantitative estimate of drug-likeness (QED) is 0.898. The Bertz CT molecular complexity index is 835. The number of nitrogens with zero attached hydrogens (tertiary/aromatic N) is 5. The Morgan fingerprint density at radius 3 is 2.92 bits per heavy atom. The fourth-order valence-corrected chi connectivity index (χ4v) is 3.09. The van der Waals surface area contributed by atoms with Crippen molar-refractivity contribution in [2.75, 3.05) is 30.4 Å². The summed E-state index contributed by atoms with van der Waals surface area (Å²) in [6.45, 7) is 5.22. The zero-order chi connectivity index (χ0) is 18.0. The number of pyridine rings is 1. The Labute approximate surface area is 151 Å². The van der Waals surface area contributed by atoms with Gasteiger partial charge in [0.25, 0.3) is 0 Å². The molecule has 1 fully saturated rings. The maximum absolute atomic E-state index is 9.51. The van der Waals surface area contributed by atoms with Gasteiger partial charge in [0.05, 0.1) is 23.4 Å². The van der Waals surface area contributed by atoms with Crippen molar-refractivity contribution in [2.45, 2.75) is 26.3 Å². The van der Waals surface area contributed by atoms with E-state index in [1.54, 1.807) is 19.4 Å². The molecule has 2 aromatic rings. The number of hydrogen-bond acceptors (Lipinski definition) is 7. The van der Waals surface area contributed by atoms with Gasteiger partial charge in [-0.25, -0.2) is 9.97 Å². The highest BCUT2D eigenvalue weighted by Gasteiger charge is 2.27. The minimum absolute atomic E-state index is 0.164. The van der Waals surface area contributed by atoms with E-state index in [0.717, 1.165) is 24.2 Å². The van der Waals surface area contributed by atoms with E-state index >= 15 is 0 Å². The SMILES string of the molecule is COc1ccnc(NC2CCN(c3nc(C)c(Cl)c(C)c3C#N)C2)n1. The van der Waals surface area contributed by atoms with E-state index in [-0.39, 0.29) is 6.04 Å². The lowest BCUT2D eigenvalue weighted by atomic mass is 10.1.